The third-order valence-electron chi connectivity index (χ3n) is 2.60. The summed E-state index contributed by atoms with van der Waals surface area (Å²) in [5, 5.41) is 0. The molecular weight excluding hydrogens is 152 g/mol. The molecule has 2 aliphatic heterocycles. The highest BCUT2D eigenvalue weighted by Crippen LogP contribution is 2.35. The molecule has 0 aromatic heterocycles. The SMILES string of the molecule is CC1=C[C@@]2(C[C@H](C)CCO2)OC1. The lowest BCUT2D eigenvalue weighted by Gasteiger charge is -2.34. The number of ether oxygens (including phenoxy) is 2. The van der Waals surface area contributed by atoms with E-state index in [-0.39, 0.29) is 5.79 Å². The maximum Gasteiger partial charge on any atom is 0.188 e. The minimum absolute atomic E-state index is 0.345. The van der Waals surface area contributed by atoms with Crippen LogP contribution in [0.3, 0.4) is 0 Å². The Morgan fingerprint density at radius 1 is 1.50 bits per heavy atom. The summed E-state index contributed by atoms with van der Waals surface area (Å²) in [4.78, 5) is 0. The van der Waals surface area contributed by atoms with E-state index in [1.165, 1.54) is 5.57 Å². The van der Waals surface area contributed by atoms with E-state index in [2.05, 4.69) is 19.9 Å². The van der Waals surface area contributed by atoms with Crippen molar-refractivity contribution in [1.29, 1.82) is 0 Å². The highest BCUT2D eigenvalue weighted by atomic mass is 16.7. The average Bonchev–Trinajstić information content (AvgIpc) is 2.32. The van der Waals surface area contributed by atoms with E-state index in [4.69, 9.17) is 9.47 Å². The molecule has 1 saturated heterocycles. The van der Waals surface area contributed by atoms with E-state index < -0.39 is 0 Å². The van der Waals surface area contributed by atoms with Crippen molar-refractivity contribution in [3.8, 4) is 0 Å². The lowest BCUT2D eigenvalue weighted by molar-refractivity contribution is -0.217. The van der Waals surface area contributed by atoms with Gasteiger partial charge in [-0.3, -0.25) is 0 Å². The van der Waals surface area contributed by atoms with Crippen LogP contribution in [0.2, 0.25) is 0 Å². The quantitative estimate of drug-likeness (QED) is 0.516. The fraction of sp³-hybridized carbons (Fsp3) is 0.800. The van der Waals surface area contributed by atoms with Crippen molar-refractivity contribution in [2.24, 2.45) is 5.92 Å². The highest BCUT2D eigenvalue weighted by Gasteiger charge is 2.38. The number of hydrogen-bond donors (Lipinski definition) is 0. The largest absolute Gasteiger partial charge is 0.346 e. The van der Waals surface area contributed by atoms with Gasteiger partial charge in [0.1, 0.15) is 0 Å². The van der Waals surface area contributed by atoms with E-state index in [9.17, 15) is 0 Å². The first-order valence-electron chi connectivity index (χ1n) is 4.66. The van der Waals surface area contributed by atoms with E-state index in [1.807, 2.05) is 0 Å². The van der Waals surface area contributed by atoms with Gasteiger partial charge in [-0.1, -0.05) is 6.92 Å². The third kappa shape index (κ3) is 1.41. The maximum absolute atomic E-state index is 5.67. The summed E-state index contributed by atoms with van der Waals surface area (Å²) in [7, 11) is 0. The summed E-state index contributed by atoms with van der Waals surface area (Å²) in [6, 6.07) is 0. The lowest BCUT2D eigenvalue weighted by Crippen LogP contribution is -2.37. The minimum Gasteiger partial charge on any atom is -0.346 e. The van der Waals surface area contributed by atoms with Gasteiger partial charge in [-0.25, -0.2) is 0 Å². The Labute approximate surface area is 73.5 Å². The maximum atomic E-state index is 5.67. The molecule has 2 aliphatic rings. The summed E-state index contributed by atoms with van der Waals surface area (Å²) in [5.74, 6) is 0.378. The van der Waals surface area contributed by atoms with Gasteiger partial charge in [0, 0.05) is 6.42 Å². The topological polar surface area (TPSA) is 18.5 Å². The van der Waals surface area contributed by atoms with Gasteiger partial charge in [-0.2, -0.15) is 0 Å². The van der Waals surface area contributed by atoms with Gasteiger partial charge in [0.2, 0.25) is 0 Å². The van der Waals surface area contributed by atoms with Crippen molar-refractivity contribution in [3.63, 3.8) is 0 Å². The molecule has 0 radical (unpaired) electrons. The molecule has 1 spiro atoms. The first-order valence-corrected chi connectivity index (χ1v) is 4.66. The van der Waals surface area contributed by atoms with Gasteiger partial charge in [-0.05, 0) is 30.9 Å². The molecule has 0 bridgehead atoms. The van der Waals surface area contributed by atoms with Crippen molar-refractivity contribution >= 4 is 0 Å². The second-order valence-corrected chi connectivity index (χ2v) is 4.04. The van der Waals surface area contributed by atoms with Gasteiger partial charge >= 0.3 is 0 Å². The van der Waals surface area contributed by atoms with E-state index >= 15 is 0 Å². The van der Waals surface area contributed by atoms with Crippen LogP contribution in [0.4, 0.5) is 0 Å². The average molecular weight is 168 g/mol. The Hall–Kier alpha value is -0.340. The molecule has 0 aliphatic carbocycles. The van der Waals surface area contributed by atoms with Crippen molar-refractivity contribution in [2.75, 3.05) is 13.2 Å². The Kier molecular flexibility index (Phi) is 1.97. The molecule has 2 nitrogen and oxygen atoms in total. The highest BCUT2D eigenvalue weighted by molar-refractivity contribution is 5.13. The molecule has 2 heterocycles. The summed E-state index contributed by atoms with van der Waals surface area (Å²) < 4.78 is 11.3. The van der Waals surface area contributed by atoms with Crippen molar-refractivity contribution in [2.45, 2.75) is 32.5 Å². The molecule has 2 atom stereocenters. The monoisotopic (exact) mass is 168 g/mol. The molecule has 0 N–H and O–H groups in total. The van der Waals surface area contributed by atoms with Gasteiger partial charge in [0.05, 0.1) is 13.2 Å². The van der Waals surface area contributed by atoms with E-state index in [0.29, 0.717) is 0 Å². The molecule has 2 rings (SSSR count). The Balaban J connectivity index is 2.10. The molecule has 0 aromatic carbocycles. The standard InChI is InChI=1S/C10H16O2/c1-8-3-4-11-10(5-8)6-9(2)7-12-10/h6,8H,3-5,7H2,1-2H3/t8-,10-/m1/s1. The second kappa shape index (κ2) is 2.86. The van der Waals surface area contributed by atoms with Crippen molar-refractivity contribution in [3.05, 3.63) is 11.6 Å². The van der Waals surface area contributed by atoms with E-state index in [1.54, 1.807) is 0 Å². The lowest BCUT2D eigenvalue weighted by atomic mass is 9.95. The zero-order chi connectivity index (χ0) is 8.60. The molecule has 0 unspecified atom stereocenters. The predicted octanol–water partition coefficient (Wildman–Crippen LogP) is 2.11. The molecule has 2 heteroatoms. The zero-order valence-electron chi connectivity index (χ0n) is 7.80. The summed E-state index contributed by atoms with van der Waals surface area (Å²) in [5.41, 5.74) is 1.30. The fourth-order valence-corrected chi connectivity index (χ4v) is 1.98. The third-order valence-corrected chi connectivity index (χ3v) is 2.60. The Bertz CT molecular complexity index is 210. The summed E-state index contributed by atoms with van der Waals surface area (Å²) in [6.07, 6.45) is 4.32. The van der Waals surface area contributed by atoms with Gasteiger partial charge in [0.15, 0.2) is 5.79 Å². The van der Waals surface area contributed by atoms with Gasteiger partial charge in [0.25, 0.3) is 0 Å². The normalized spacial score (nSPS) is 41.8. The molecule has 1 fully saturated rings. The Morgan fingerprint density at radius 2 is 2.33 bits per heavy atom. The van der Waals surface area contributed by atoms with Crippen LogP contribution in [0, 0.1) is 5.92 Å². The van der Waals surface area contributed by atoms with Crippen molar-refractivity contribution in [1.82, 2.24) is 0 Å². The molecule has 0 saturated carbocycles. The Morgan fingerprint density at radius 3 is 2.92 bits per heavy atom. The predicted molar refractivity (Wildman–Crippen MR) is 46.8 cm³/mol. The minimum atomic E-state index is -0.345. The number of hydrogen-bond acceptors (Lipinski definition) is 2. The van der Waals surface area contributed by atoms with Gasteiger partial charge in [-0.15, -0.1) is 0 Å². The first kappa shape index (κ1) is 8.27. The van der Waals surface area contributed by atoms with Crippen molar-refractivity contribution < 1.29 is 9.47 Å². The van der Waals surface area contributed by atoms with Crippen LogP contribution in [0.1, 0.15) is 26.7 Å². The number of rotatable bonds is 0. The van der Waals surface area contributed by atoms with Crippen LogP contribution in [0.15, 0.2) is 11.6 Å². The molecular formula is C10H16O2. The summed E-state index contributed by atoms with van der Waals surface area (Å²) in [6.45, 7) is 5.93. The molecule has 68 valence electrons. The second-order valence-electron chi connectivity index (χ2n) is 4.04. The molecule has 0 amide bonds. The van der Waals surface area contributed by atoms with Crippen LogP contribution < -0.4 is 0 Å². The summed E-state index contributed by atoms with van der Waals surface area (Å²) >= 11 is 0. The molecule has 12 heavy (non-hydrogen) atoms. The van der Waals surface area contributed by atoms with Crippen LogP contribution in [-0.2, 0) is 9.47 Å². The molecule has 0 aromatic rings. The smallest absolute Gasteiger partial charge is 0.188 e. The van der Waals surface area contributed by atoms with Gasteiger partial charge < -0.3 is 9.47 Å². The first-order chi connectivity index (χ1) is 5.70. The fourth-order valence-electron chi connectivity index (χ4n) is 1.98. The van der Waals surface area contributed by atoms with Crippen LogP contribution in [-0.4, -0.2) is 19.0 Å². The van der Waals surface area contributed by atoms with Crippen LogP contribution >= 0.6 is 0 Å². The van der Waals surface area contributed by atoms with E-state index in [0.717, 1.165) is 32.0 Å². The zero-order valence-corrected chi connectivity index (χ0v) is 7.80. The van der Waals surface area contributed by atoms with Crippen LogP contribution in [0.5, 0.6) is 0 Å². The van der Waals surface area contributed by atoms with Crippen LogP contribution in [0.25, 0.3) is 0 Å².